The molecule has 0 aliphatic carbocycles. The van der Waals surface area contributed by atoms with Crippen LogP contribution >= 0.6 is 0 Å². The molecule has 0 saturated carbocycles. The van der Waals surface area contributed by atoms with Crippen molar-refractivity contribution < 1.29 is 29.2 Å². The molecule has 0 aromatic heterocycles. The van der Waals surface area contributed by atoms with Crippen LogP contribution in [0.5, 0.6) is 0 Å². The van der Waals surface area contributed by atoms with Crippen molar-refractivity contribution in [3.63, 3.8) is 0 Å². The molecule has 2 aliphatic heterocycles. The molecule has 0 aromatic rings. The number of rotatable bonds is 1. The predicted molar refractivity (Wildman–Crippen MR) is 75.9 cm³/mol. The van der Waals surface area contributed by atoms with Gasteiger partial charge in [-0.05, 0) is 25.2 Å². The minimum atomic E-state index is -1.32. The first-order valence-electron chi connectivity index (χ1n) is 6.97. The number of esters is 1. The average Bonchev–Trinajstić information content (AvgIpc) is 2.71. The number of ether oxygens (including phenoxy) is 3. The first kappa shape index (κ1) is 16.4. The van der Waals surface area contributed by atoms with E-state index < -0.39 is 18.0 Å². The van der Waals surface area contributed by atoms with Gasteiger partial charge < -0.3 is 24.4 Å². The van der Waals surface area contributed by atoms with Gasteiger partial charge in [-0.3, -0.25) is 4.79 Å². The van der Waals surface area contributed by atoms with E-state index in [0.717, 1.165) is 0 Å². The van der Waals surface area contributed by atoms with Gasteiger partial charge >= 0.3 is 5.97 Å². The van der Waals surface area contributed by atoms with Crippen LogP contribution < -0.4 is 0 Å². The van der Waals surface area contributed by atoms with Crippen molar-refractivity contribution in [2.75, 3.05) is 6.61 Å². The lowest BCUT2D eigenvalue weighted by Crippen LogP contribution is -2.50. The molecule has 2 fully saturated rings. The van der Waals surface area contributed by atoms with E-state index in [-0.39, 0.29) is 24.4 Å². The molecule has 1 spiro atoms. The van der Waals surface area contributed by atoms with Crippen molar-refractivity contribution >= 4 is 5.97 Å². The van der Waals surface area contributed by atoms with Crippen LogP contribution in [0.25, 0.3) is 0 Å². The summed E-state index contributed by atoms with van der Waals surface area (Å²) in [4.78, 5) is 10.9. The third kappa shape index (κ3) is 3.42. The lowest BCUT2D eigenvalue weighted by molar-refractivity contribution is -0.274. The molecule has 0 radical (unpaired) electrons. The highest BCUT2D eigenvalue weighted by Gasteiger charge is 2.55. The molecule has 4 unspecified atom stereocenters. The van der Waals surface area contributed by atoms with Crippen LogP contribution in [0.4, 0.5) is 0 Å². The molecule has 2 heterocycles. The van der Waals surface area contributed by atoms with E-state index in [1.165, 1.54) is 13.0 Å². The Labute approximate surface area is 129 Å². The molecule has 6 heteroatoms. The maximum atomic E-state index is 10.9. The van der Waals surface area contributed by atoms with Crippen LogP contribution in [0, 0.1) is 23.7 Å². The highest BCUT2D eigenvalue weighted by molar-refractivity contribution is 5.66. The van der Waals surface area contributed by atoms with Gasteiger partial charge in [0.25, 0.3) is 0 Å². The van der Waals surface area contributed by atoms with E-state index in [2.05, 4.69) is 23.7 Å². The number of aliphatic hydroxyl groups excluding tert-OH is 2. The molecule has 2 N–H and O–H groups in total. The predicted octanol–water partition coefficient (Wildman–Crippen LogP) is 0.0874. The fraction of sp³-hybridized carbons (Fsp3) is 0.562. The van der Waals surface area contributed by atoms with Crippen LogP contribution in [0.15, 0.2) is 11.8 Å². The molecule has 2 rings (SSSR count). The molecule has 0 amide bonds. The Balaban J connectivity index is 2.06. The van der Waals surface area contributed by atoms with Gasteiger partial charge in [0.15, 0.2) is 6.10 Å². The number of hydrogen-bond acceptors (Lipinski definition) is 6. The zero-order valence-electron chi connectivity index (χ0n) is 12.5. The van der Waals surface area contributed by atoms with Gasteiger partial charge in [0.2, 0.25) is 5.79 Å². The van der Waals surface area contributed by atoms with E-state index in [9.17, 15) is 15.0 Å². The highest BCUT2D eigenvalue weighted by atomic mass is 16.7. The molecule has 6 nitrogen and oxygen atoms in total. The Morgan fingerprint density at radius 3 is 2.82 bits per heavy atom. The van der Waals surface area contributed by atoms with Gasteiger partial charge in [-0.15, -0.1) is 0 Å². The third-order valence-corrected chi connectivity index (χ3v) is 3.47. The van der Waals surface area contributed by atoms with Crippen molar-refractivity contribution in [3.8, 4) is 23.7 Å². The SMILES string of the molecule is CC#CC#CC=C1OC2(CCC(OC(C)=O)CO2)C(O)C1O. The van der Waals surface area contributed by atoms with Gasteiger partial charge in [0.1, 0.15) is 18.0 Å². The Morgan fingerprint density at radius 1 is 1.45 bits per heavy atom. The smallest absolute Gasteiger partial charge is 0.302 e. The fourth-order valence-corrected chi connectivity index (χ4v) is 2.43. The lowest BCUT2D eigenvalue weighted by Gasteiger charge is -2.37. The Hall–Kier alpha value is -1.99. The zero-order chi connectivity index (χ0) is 16.2. The van der Waals surface area contributed by atoms with Crippen molar-refractivity contribution in [1.29, 1.82) is 0 Å². The van der Waals surface area contributed by atoms with Gasteiger partial charge in [0, 0.05) is 19.4 Å². The summed E-state index contributed by atoms with van der Waals surface area (Å²) in [7, 11) is 0. The Kier molecular flexibility index (Phi) is 5.10. The maximum absolute atomic E-state index is 10.9. The lowest BCUT2D eigenvalue weighted by atomic mass is 9.97. The Morgan fingerprint density at radius 2 is 2.23 bits per heavy atom. The van der Waals surface area contributed by atoms with Crippen LogP contribution in [0.3, 0.4) is 0 Å². The van der Waals surface area contributed by atoms with E-state index in [1.807, 2.05) is 0 Å². The summed E-state index contributed by atoms with van der Waals surface area (Å²) in [5, 5.41) is 20.2. The van der Waals surface area contributed by atoms with Crippen molar-refractivity contribution in [2.45, 2.75) is 50.8 Å². The van der Waals surface area contributed by atoms with Crippen molar-refractivity contribution in [2.24, 2.45) is 0 Å². The topological polar surface area (TPSA) is 85.2 Å². The molecule has 0 bridgehead atoms. The zero-order valence-corrected chi connectivity index (χ0v) is 12.5. The summed E-state index contributed by atoms with van der Waals surface area (Å²) in [6, 6.07) is 0. The number of hydrogen-bond donors (Lipinski definition) is 2. The minimum Gasteiger partial charge on any atom is -0.460 e. The number of aliphatic hydroxyl groups is 2. The summed E-state index contributed by atoms with van der Waals surface area (Å²) >= 11 is 0. The Bertz CT molecular complexity index is 577. The average molecular weight is 306 g/mol. The summed E-state index contributed by atoms with van der Waals surface area (Å²) in [5.74, 6) is 8.80. The monoisotopic (exact) mass is 306 g/mol. The second-order valence-electron chi connectivity index (χ2n) is 5.08. The second kappa shape index (κ2) is 6.85. The number of carbonyl (C=O) groups is 1. The highest BCUT2D eigenvalue weighted by Crippen LogP contribution is 2.41. The fourth-order valence-electron chi connectivity index (χ4n) is 2.43. The molecule has 22 heavy (non-hydrogen) atoms. The summed E-state index contributed by atoms with van der Waals surface area (Å²) in [5.41, 5.74) is 0. The summed E-state index contributed by atoms with van der Waals surface area (Å²) in [6.07, 6.45) is -0.671. The molecule has 118 valence electrons. The van der Waals surface area contributed by atoms with Gasteiger partial charge in [-0.2, -0.15) is 0 Å². The van der Waals surface area contributed by atoms with Crippen molar-refractivity contribution in [3.05, 3.63) is 11.8 Å². The summed E-state index contributed by atoms with van der Waals surface area (Å²) in [6.45, 7) is 3.09. The first-order valence-corrected chi connectivity index (χ1v) is 6.97. The van der Waals surface area contributed by atoms with E-state index in [4.69, 9.17) is 14.2 Å². The number of carbonyl (C=O) groups excluding carboxylic acids is 1. The molecular weight excluding hydrogens is 288 g/mol. The van der Waals surface area contributed by atoms with Gasteiger partial charge in [0.05, 0.1) is 6.61 Å². The standard InChI is InChI=1S/C16H18O6/c1-3-4-5-6-7-13-14(18)15(19)16(22-13)9-8-12(10-20-16)21-11(2)17/h7,12,14-15,18-19H,8-10H2,1-2H3. The van der Waals surface area contributed by atoms with Crippen LogP contribution in [0.2, 0.25) is 0 Å². The van der Waals surface area contributed by atoms with E-state index >= 15 is 0 Å². The van der Waals surface area contributed by atoms with E-state index in [0.29, 0.717) is 12.8 Å². The van der Waals surface area contributed by atoms with Crippen LogP contribution in [-0.4, -0.2) is 46.9 Å². The molecule has 4 atom stereocenters. The van der Waals surface area contributed by atoms with Crippen LogP contribution in [0.1, 0.15) is 26.7 Å². The van der Waals surface area contributed by atoms with Crippen molar-refractivity contribution in [1.82, 2.24) is 0 Å². The van der Waals surface area contributed by atoms with Gasteiger partial charge in [-0.1, -0.05) is 11.8 Å². The molecule has 2 aliphatic rings. The molecule has 2 saturated heterocycles. The molecule has 0 aromatic carbocycles. The first-order chi connectivity index (χ1) is 10.5. The minimum absolute atomic E-state index is 0.101. The quantitative estimate of drug-likeness (QED) is 0.527. The largest absolute Gasteiger partial charge is 0.460 e. The van der Waals surface area contributed by atoms with Gasteiger partial charge in [-0.25, -0.2) is 0 Å². The number of allylic oxidation sites excluding steroid dienone is 1. The summed E-state index contributed by atoms with van der Waals surface area (Å²) < 4.78 is 16.2. The second-order valence-corrected chi connectivity index (χ2v) is 5.08. The third-order valence-electron chi connectivity index (χ3n) is 3.47. The maximum Gasteiger partial charge on any atom is 0.302 e. The molecular formula is C16H18O6. The van der Waals surface area contributed by atoms with E-state index in [1.54, 1.807) is 6.92 Å². The van der Waals surface area contributed by atoms with Crippen LogP contribution in [-0.2, 0) is 19.0 Å². The normalized spacial score (nSPS) is 35.1.